The van der Waals surface area contributed by atoms with Crippen molar-refractivity contribution in [1.29, 1.82) is 0 Å². The summed E-state index contributed by atoms with van der Waals surface area (Å²) in [5.41, 5.74) is 5.32. The van der Waals surface area contributed by atoms with Crippen molar-refractivity contribution < 1.29 is 47.5 Å². The quantitative estimate of drug-likeness (QED) is 0.0181. The first-order valence-corrected chi connectivity index (χ1v) is 21.8. The third kappa shape index (κ3) is 37.3. The zero-order chi connectivity index (χ0) is 41.4. The van der Waals surface area contributed by atoms with Crippen LogP contribution in [-0.2, 0) is 37.5 Å². The number of esters is 2. The van der Waals surface area contributed by atoms with Gasteiger partial charge in [-0.2, -0.15) is 0 Å². The molecule has 56 heavy (non-hydrogen) atoms. The highest BCUT2D eigenvalue weighted by atomic mass is 31.2. The van der Waals surface area contributed by atoms with E-state index in [1.54, 1.807) is 0 Å². The number of phosphoric ester groups is 1. The van der Waals surface area contributed by atoms with Crippen molar-refractivity contribution in [2.75, 3.05) is 19.8 Å². The van der Waals surface area contributed by atoms with Crippen molar-refractivity contribution in [3.8, 4) is 0 Å². The first kappa shape index (κ1) is 52.4. The molecule has 0 amide bonds. The molecule has 1 unspecified atom stereocenters. The number of hydrogen-bond acceptors (Lipinski definition) is 9. The number of nitrogens with two attached hydrogens (primary N) is 1. The predicted molar refractivity (Wildman–Crippen MR) is 226 cm³/mol. The molecular weight excluding hydrogens is 733 g/mol. The fourth-order valence-electron chi connectivity index (χ4n) is 4.71. The number of carboxylic acid groups (broad SMARTS) is 1. The van der Waals surface area contributed by atoms with Crippen LogP contribution in [0.15, 0.2) is 97.2 Å². The zero-order valence-electron chi connectivity index (χ0n) is 33.9. The average Bonchev–Trinajstić information content (AvgIpc) is 3.17. The van der Waals surface area contributed by atoms with E-state index >= 15 is 0 Å². The van der Waals surface area contributed by atoms with Crippen molar-refractivity contribution >= 4 is 25.7 Å². The first-order chi connectivity index (χ1) is 27.1. The van der Waals surface area contributed by atoms with E-state index in [1.807, 2.05) is 36.5 Å². The summed E-state index contributed by atoms with van der Waals surface area (Å²) in [6, 6.07) is -1.54. The minimum atomic E-state index is -4.74. The molecule has 4 N–H and O–H groups in total. The highest BCUT2D eigenvalue weighted by Crippen LogP contribution is 2.43. The van der Waals surface area contributed by atoms with E-state index in [-0.39, 0.29) is 19.4 Å². The number of carboxylic acids is 1. The number of phosphoric acid groups is 1. The Morgan fingerprint density at radius 3 is 1.68 bits per heavy atom. The highest BCUT2D eigenvalue weighted by molar-refractivity contribution is 7.47. The van der Waals surface area contributed by atoms with Crippen LogP contribution < -0.4 is 5.73 Å². The molecule has 0 aliphatic heterocycles. The standard InChI is InChI=1S/C44H70NO10P/c1-3-5-7-9-11-13-15-17-19-20-22-23-25-27-29-31-33-35-42(46)52-37-40(38-53-56(50,51)54-39-41(45)44(48)49)55-43(47)36-34-32-30-28-26-24-21-18-16-14-12-10-8-6-4-2/h6-10,12-16,18-21,23,25,40-41H,3-5,11,17,22,24,26-39,45H2,1-2H3,(H,48,49)(H,50,51)/b8-6+,9-7+,12-10+,15-13+,16-14+,20-19+,21-18+,25-23+/t40-,41+/m1/s1. The van der Waals surface area contributed by atoms with Gasteiger partial charge < -0.3 is 25.2 Å². The van der Waals surface area contributed by atoms with E-state index in [9.17, 15) is 23.8 Å². The Morgan fingerprint density at radius 2 is 1.07 bits per heavy atom. The Morgan fingerprint density at radius 1 is 0.589 bits per heavy atom. The Hall–Kier alpha value is -3.60. The third-order valence-corrected chi connectivity index (χ3v) is 8.84. The van der Waals surface area contributed by atoms with E-state index in [0.717, 1.165) is 83.5 Å². The number of aliphatic carboxylic acids is 1. The highest BCUT2D eigenvalue weighted by Gasteiger charge is 2.28. The van der Waals surface area contributed by atoms with Crippen LogP contribution in [0, 0.1) is 0 Å². The molecule has 0 heterocycles. The van der Waals surface area contributed by atoms with Gasteiger partial charge in [0.05, 0.1) is 13.2 Å². The van der Waals surface area contributed by atoms with Gasteiger partial charge >= 0.3 is 25.7 Å². The molecule has 316 valence electrons. The Labute approximate surface area is 336 Å². The van der Waals surface area contributed by atoms with Crippen LogP contribution in [-0.4, -0.2) is 59.9 Å². The van der Waals surface area contributed by atoms with Gasteiger partial charge in [-0.25, -0.2) is 4.57 Å². The van der Waals surface area contributed by atoms with Crippen molar-refractivity contribution in [1.82, 2.24) is 0 Å². The molecular formula is C44H70NO10P. The van der Waals surface area contributed by atoms with Crippen LogP contribution in [0.2, 0.25) is 0 Å². The number of ether oxygens (including phenoxy) is 2. The minimum absolute atomic E-state index is 0.121. The van der Waals surface area contributed by atoms with Crippen LogP contribution in [0.5, 0.6) is 0 Å². The second-order valence-electron chi connectivity index (χ2n) is 13.1. The maximum absolute atomic E-state index is 12.6. The Kier molecular flexibility index (Phi) is 35.8. The second kappa shape index (κ2) is 38.3. The lowest BCUT2D eigenvalue weighted by Crippen LogP contribution is -2.34. The molecule has 0 aromatic heterocycles. The number of carbonyl (C=O) groups excluding carboxylic acids is 2. The summed E-state index contributed by atoms with van der Waals surface area (Å²) in [6.07, 6.45) is 47.6. The molecule has 0 aliphatic carbocycles. The molecule has 0 aliphatic rings. The van der Waals surface area contributed by atoms with Crippen molar-refractivity contribution in [3.05, 3.63) is 97.2 Å². The Balaban J connectivity index is 4.53. The van der Waals surface area contributed by atoms with Gasteiger partial charge in [0.2, 0.25) is 0 Å². The fourth-order valence-corrected chi connectivity index (χ4v) is 5.49. The molecule has 0 rings (SSSR count). The van der Waals surface area contributed by atoms with Gasteiger partial charge in [-0.05, 0) is 70.6 Å². The molecule has 0 aromatic carbocycles. The first-order valence-electron chi connectivity index (χ1n) is 20.3. The van der Waals surface area contributed by atoms with Gasteiger partial charge in [0.1, 0.15) is 12.6 Å². The van der Waals surface area contributed by atoms with Gasteiger partial charge in [0, 0.05) is 12.8 Å². The maximum atomic E-state index is 12.6. The zero-order valence-corrected chi connectivity index (χ0v) is 34.8. The van der Waals surface area contributed by atoms with Crippen LogP contribution in [0.25, 0.3) is 0 Å². The number of allylic oxidation sites excluding steroid dienone is 16. The summed E-state index contributed by atoms with van der Waals surface area (Å²) in [5, 5.41) is 8.88. The molecule has 0 spiro atoms. The molecule has 0 fully saturated rings. The van der Waals surface area contributed by atoms with E-state index in [1.165, 1.54) is 6.42 Å². The number of rotatable bonds is 36. The summed E-state index contributed by atoms with van der Waals surface area (Å²) in [7, 11) is -4.74. The van der Waals surface area contributed by atoms with Gasteiger partial charge in [0.15, 0.2) is 6.10 Å². The van der Waals surface area contributed by atoms with Crippen LogP contribution in [0.1, 0.15) is 129 Å². The molecule has 0 saturated heterocycles. The van der Waals surface area contributed by atoms with Crippen molar-refractivity contribution in [3.63, 3.8) is 0 Å². The van der Waals surface area contributed by atoms with E-state index in [2.05, 4.69) is 79.1 Å². The van der Waals surface area contributed by atoms with Gasteiger partial charge in [-0.3, -0.25) is 23.4 Å². The summed E-state index contributed by atoms with van der Waals surface area (Å²) < 4.78 is 32.6. The van der Waals surface area contributed by atoms with Gasteiger partial charge in [-0.1, -0.05) is 143 Å². The summed E-state index contributed by atoms with van der Waals surface area (Å²) >= 11 is 0. The smallest absolute Gasteiger partial charge is 0.472 e. The number of unbranched alkanes of at least 4 members (excludes halogenated alkanes) is 9. The van der Waals surface area contributed by atoms with Gasteiger partial charge in [-0.15, -0.1) is 0 Å². The molecule has 0 saturated carbocycles. The predicted octanol–water partition coefficient (Wildman–Crippen LogP) is 10.5. The fraction of sp³-hybridized carbons (Fsp3) is 0.568. The molecule has 3 atom stereocenters. The largest absolute Gasteiger partial charge is 0.480 e. The van der Waals surface area contributed by atoms with E-state index in [4.69, 9.17) is 24.8 Å². The molecule has 11 nitrogen and oxygen atoms in total. The number of hydrogen-bond donors (Lipinski definition) is 3. The van der Waals surface area contributed by atoms with Crippen molar-refractivity contribution in [2.45, 2.75) is 142 Å². The SMILES string of the molecule is CC/C=C/C=C/C=C/C=C/CCCCCCCC(=O)O[C@H](COC(=O)CCCCC/C=C/C/C=C/C/C=C/C/C=C/CCC)COP(=O)(O)OC[C@H](N)C(=O)O. The lowest BCUT2D eigenvalue weighted by atomic mass is 10.1. The van der Waals surface area contributed by atoms with E-state index < -0.39 is 51.1 Å². The maximum Gasteiger partial charge on any atom is 0.472 e. The minimum Gasteiger partial charge on any atom is -0.480 e. The molecule has 0 radical (unpaired) electrons. The normalized spacial score (nSPS) is 14.8. The summed E-state index contributed by atoms with van der Waals surface area (Å²) in [6.45, 7) is 2.51. The molecule has 0 bridgehead atoms. The average molecular weight is 804 g/mol. The van der Waals surface area contributed by atoms with Crippen molar-refractivity contribution in [2.24, 2.45) is 5.73 Å². The molecule has 0 aromatic rings. The molecule has 12 heteroatoms. The second-order valence-corrected chi connectivity index (χ2v) is 14.6. The van der Waals surface area contributed by atoms with Crippen LogP contribution in [0.4, 0.5) is 0 Å². The third-order valence-electron chi connectivity index (χ3n) is 7.89. The summed E-state index contributed by atoms with van der Waals surface area (Å²) in [5.74, 6) is -2.47. The lowest BCUT2D eigenvalue weighted by molar-refractivity contribution is -0.161. The lowest BCUT2D eigenvalue weighted by Gasteiger charge is -2.20. The number of carbonyl (C=O) groups is 3. The van der Waals surface area contributed by atoms with Gasteiger partial charge in [0.25, 0.3) is 0 Å². The summed E-state index contributed by atoms with van der Waals surface area (Å²) in [4.78, 5) is 45.9. The van der Waals surface area contributed by atoms with Crippen LogP contribution >= 0.6 is 7.82 Å². The topological polar surface area (TPSA) is 172 Å². The van der Waals surface area contributed by atoms with Crippen LogP contribution in [0.3, 0.4) is 0 Å². The monoisotopic (exact) mass is 803 g/mol. The Bertz CT molecular complexity index is 1310. The van der Waals surface area contributed by atoms with E-state index in [0.29, 0.717) is 12.8 Å².